The van der Waals surface area contributed by atoms with Gasteiger partial charge in [0.2, 0.25) is 0 Å². The number of benzene rings is 2. The lowest BCUT2D eigenvalue weighted by Crippen LogP contribution is -2.10. The van der Waals surface area contributed by atoms with Crippen molar-refractivity contribution in [3.8, 4) is 16.9 Å². The van der Waals surface area contributed by atoms with E-state index in [1.54, 1.807) is 29.1 Å². The Kier molecular flexibility index (Phi) is 3.97. The normalized spacial score (nSPS) is 11.5. The first-order chi connectivity index (χ1) is 11.4. The number of aromatic carboxylic acids is 1. The van der Waals surface area contributed by atoms with Gasteiger partial charge in [-0.15, -0.1) is 0 Å². The Balaban J connectivity index is 1.96. The second-order valence-corrected chi connectivity index (χ2v) is 6.82. The molecule has 122 valence electrons. The molecular weight excluding hydrogens is 300 g/mol. The van der Waals surface area contributed by atoms with Gasteiger partial charge in [-0.05, 0) is 23.1 Å². The molecule has 0 amide bonds. The SMILES string of the molecule is CC(C)(C)c1ccc(-c2cn(-c3ccccc3C(=O)O)cn2)cc1. The molecule has 0 aliphatic heterocycles. The van der Waals surface area contributed by atoms with Crippen LogP contribution in [0.1, 0.15) is 36.7 Å². The largest absolute Gasteiger partial charge is 0.478 e. The summed E-state index contributed by atoms with van der Waals surface area (Å²) in [5.41, 5.74) is 4.06. The fourth-order valence-electron chi connectivity index (χ4n) is 2.62. The maximum absolute atomic E-state index is 11.4. The van der Waals surface area contributed by atoms with E-state index in [-0.39, 0.29) is 11.0 Å². The van der Waals surface area contributed by atoms with Gasteiger partial charge in [0.1, 0.15) is 0 Å². The van der Waals surface area contributed by atoms with Crippen molar-refractivity contribution in [1.82, 2.24) is 9.55 Å². The topological polar surface area (TPSA) is 55.1 Å². The predicted octanol–water partition coefficient (Wildman–Crippen LogP) is 4.54. The van der Waals surface area contributed by atoms with Gasteiger partial charge in [-0.25, -0.2) is 9.78 Å². The molecule has 0 aliphatic rings. The summed E-state index contributed by atoms with van der Waals surface area (Å²) in [5.74, 6) is -0.949. The molecule has 0 saturated carbocycles. The van der Waals surface area contributed by atoms with E-state index < -0.39 is 5.97 Å². The minimum Gasteiger partial charge on any atom is -0.478 e. The van der Waals surface area contributed by atoms with Crippen LogP contribution in [-0.4, -0.2) is 20.6 Å². The number of para-hydroxylation sites is 1. The summed E-state index contributed by atoms with van der Waals surface area (Å²) in [4.78, 5) is 15.8. The summed E-state index contributed by atoms with van der Waals surface area (Å²) in [6, 6.07) is 15.2. The first kappa shape index (κ1) is 16.0. The van der Waals surface area contributed by atoms with Crippen LogP contribution in [0.2, 0.25) is 0 Å². The maximum atomic E-state index is 11.4. The van der Waals surface area contributed by atoms with Crippen molar-refractivity contribution in [2.75, 3.05) is 0 Å². The molecule has 4 nitrogen and oxygen atoms in total. The van der Waals surface area contributed by atoms with Crippen LogP contribution >= 0.6 is 0 Å². The quantitative estimate of drug-likeness (QED) is 0.771. The number of carbonyl (C=O) groups is 1. The highest BCUT2D eigenvalue weighted by Gasteiger charge is 2.14. The van der Waals surface area contributed by atoms with Crippen LogP contribution in [0, 0.1) is 0 Å². The van der Waals surface area contributed by atoms with Crippen molar-refractivity contribution in [3.05, 3.63) is 72.2 Å². The Morgan fingerprint density at radius 3 is 2.33 bits per heavy atom. The highest BCUT2D eigenvalue weighted by Crippen LogP contribution is 2.26. The number of carboxylic acids is 1. The van der Waals surface area contributed by atoms with E-state index in [2.05, 4.69) is 50.0 Å². The summed E-state index contributed by atoms with van der Waals surface area (Å²) in [6.45, 7) is 6.54. The molecule has 0 saturated heterocycles. The highest BCUT2D eigenvalue weighted by molar-refractivity contribution is 5.91. The van der Waals surface area contributed by atoms with Crippen LogP contribution in [-0.2, 0) is 5.41 Å². The third-order valence-corrected chi connectivity index (χ3v) is 4.04. The molecule has 0 radical (unpaired) electrons. The molecule has 3 aromatic rings. The standard InChI is InChI=1S/C20H20N2O2/c1-20(2,3)15-10-8-14(9-11-15)17-12-22(13-21-17)18-7-5-4-6-16(18)19(23)24/h4-13H,1-3H3,(H,23,24). The van der Waals surface area contributed by atoms with Crippen molar-refractivity contribution in [2.45, 2.75) is 26.2 Å². The van der Waals surface area contributed by atoms with Gasteiger partial charge >= 0.3 is 5.97 Å². The molecule has 0 spiro atoms. The zero-order valence-corrected chi connectivity index (χ0v) is 14.0. The van der Waals surface area contributed by atoms with Crippen LogP contribution in [0.5, 0.6) is 0 Å². The van der Waals surface area contributed by atoms with E-state index in [4.69, 9.17) is 0 Å². The fourth-order valence-corrected chi connectivity index (χ4v) is 2.62. The molecular formula is C20H20N2O2. The monoisotopic (exact) mass is 320 g/mol. The summed E-state index contributed by atoms with van der Waals surface area (Å²) >= 11 is 0. The number of carboxylic acid groups (broad SMARTS) is 1. The molecule has 24 heavy (non-hydrogen) atoms. The molecule has 0 unspecified atom stereocenters. The molecule has 0 bridgehead atoms. The lowest BCUT2D eigenvalue weighted by molar-refractivity contribution is 0.0697. The number of rotatable bonds is 3. The van der Waals surface area contributed by atoms with Gasteiger partial charge in [-0.3, -0.25) is 0 Å². The van der Waals surface area contributed by atoms with Gasteiger partial charge in [0.25, 0.3) is 0 Å². The van der Waals surface area contributed by atoms with Gasteiger partial charge in [0.15, 0.2) is 0 Å². The Morgan fingerprint density at radius 2 is 1.71 bits per heavy atom. The average molecular weight is 320 g/mol. The minimum absolute atomic E-state index is 0.109. The second kappa shape index (κ2) is 5.96. The van der Waals surface area contributed by atoms with Crippen molar-refractivity contribution in [2.24, 2.45) is 0 Å². The van der Waals surface area contributed by atoms with E-state index in [0.29, 0.717) is 5.69 Å². The number of nitrogens with zero attached hydrogens (tertiary/aromatic N) is 2. The minimum atomic E-state index is -0.949. The molecule has 2 aromatic carbocycles. The maximum Gasteiger partial charge on any atom is 0.337 e. The molecule has 0 atom stereocenters. The molecule has 0 aliphatic carbocycles. The number of aromatic nitrogens is 2. The zero-order chi connectivity index (χ0) is 17.3. The Morgan fingerprint density at radius 1 is 1.04 bits per heavy atom. The molecule has 1 N–H and O–H groups in total. The highest BCUT2D eigenvalue weighted by atomic mass is 16.4. The lowest BCUT2D eigenvalue weighted by atomic mass is 9.86. The summed E-state index contributed by atoms with van der Waals surface area (Å²) in [7, 11) is 0. The van der Waals surface area contributed by atoms with E-state index in [9.17, 15) is 9.90 Å². The Labute approximate surface area is 141 Å². The van der Waals surface area contributed by atoms with Crippen molar-refractivity contribution in [3.63, 3.8) is 0 Å². The Bertz CT molecular complexity index is 871. The van der Waals surface area contributed by atoms with Gasteiger partial charge in [0.05, 0.1) is 23.3 Å². The van der Waals surface area contributed by atoms with Gasteiger partial charge in [-0.2, -0.15) is 0 Å². The van der Waals surface area contributed by atoms with E-state index in [1.807, 2.05) is 12.3 Å². The number of hydrogen-bond acceptors (Lipinski definition) is 2. The molecule has 3 rings (SSSR count). The third kappa shape index (κ3) is 3.08. The molecule has 1 aromatic heterocycles. The zero-order valence-electron chi connectivity index (χ0n) is 14.0. The van der Waals surface area contributed by atoms with Crippen LogP contribution in [0.15, 0.2) is 61.1 Å². The van der Waals surface area contributed by atoms with Gasteiger partial charge < -0.3 is 9.67 Å². The first-order valence-electron chi connectivity index (χ1n) is 7.84. The smallest absolute Gasteiger partial charge is 0.337 e. The fraction of sp³-hybridized carbons (Fsp3) is 0.200. The summed E-state index contributed by atoms with van der Waals surface area (Å²) in [5, 5.41) is 9.32. The van der Waals surface area contributed by atoms with Crippen LogP contribution < -0.4 is 0 Å². The Hall–Kier alpha value is -2.88. The van der Waals surface area contributed by atoms with Gasteiger partial charge in [-0.1, -0.05) is 57.2 Å². The third-order valence-electron chi connectivity index (χ3n) is 4.04. The van der Waals surface area contributed by atoms with Gasteiger partial charge in [0, 0.05) is 11.8 Å². The second-order valence-electron chi connectivity index (χ2n) is 6.82. The lowest BCUT2D eigenvalue weighted by Gasteiger charge is -2.18. The van der Waals surface area contributed by atoms with Crippen LogP contribution in [0.3, 0.4) is 0 Å². The van der Waals surface area contributed by atoms with E-state index in [1.165, 1.54) is 5.56 Å². The average Bonchev–Trinajstić information content (AvgIpc) is 3.04. The van der Waals surface area contributed by atoms with Crippen LogP contribution in [0.25, 0.3) is 16.9 Å². The van der Waals surface area contributed by atoms with Crippen LogP contribution in [0.4, 0.5) is 0 Å². The number of imidazole rings is 1. The summed E-state index contributed by atoms with van der Waals surface area (Å²) < 4.78 is 1.75. The first-order valence-corrected chi connectivity index (χ1v) is 7.84. The van der Waals surface area contributed by atoms with E-state index in [0.717, 1.165) is 11.3 Å². The van der Waals surface area contributed by atoms with Crippen molar-refractivity contribution >= 4 is 5.97 Å². The van der Waals surface area contributed by atoms with Crippen molar-refractivity contribution in [1.29, 1.82) is 0 Å². The molecule has 0 fully saturated rings. The molecule has 4 heteroatoms. The predicted molar refractivity (Wildman–Crippen MR) is 94.7 cm³/mol. The molecule has 1 heterocycles. The van der Waals surface area contributed by atoms with Crippen molar-refractivity contribution < 1.29 is 9.90 Å². The van der Waals surface area contributed by atoms with E-state index >= 15 is 0 Å². The number of hydrogen-bond donors (Lipinski definition) is 1. The summed E-state index contributed by atoms with van der Waals surface area (Å²) in [6.07, 6.45) is 3.50.